The minimum atomic E-state index is -0.274. The lowest BCUT2D eigenvalue weighted by Crippen LogP contribution is -2.00. The van der Waals surface area contributed by atoms with Crippen molar-refractivity contribution < 1.29 is 14.3 Å². The molecule has 0 saturated carbocycles. The highest BCUT2D eigenvalue weighted by atomic mass is 16.5. The van der Waals surface area contributed by atoms with Crippen molar-refractivity contribution in [2.24, 2.45) is 0 Å². The van der Waals surface area contributed by atoms with E-state index in [1.54, 1.807) is 19.3 Å². The van der Waals surface area contributed by atoms with Crippen LogP contribution in [0.3, 0.4) is 0 Å². The van der Waals surface area contributed by atoms with Crippen molar-refractivity contribution in [1.29, 1.82) is 0 Å². The van der Waals surface area contributed by atoms with E-state index in [-0.39, 0.29) is 12.4 Å². The first kappa shape index (κ1) is 11.5. The topological polar surface area (TPSA) is 35.5 Å². The molecule has 0 saturated heterocycles. The second-order valence-electron chi connectivity index (χ2n) is 3.86. The third-order valence-corrected chi connectivity index (χ3v) is 2.54. The van der Waals surface area contributed by atoms with E-state index in [9.17, 15) is 4.79 Å². The molecule has 1 aliphatic rings. The second-order valence-corrected chi connectivity index (χ2v) is 3.86. The number of methoxy groups -OCH3 is 1. The molecular formula is C14H14O3. The molecule has 88 valence electrons. The van der Waals surface area contributed by atoms with Crippen LogP contribution >= 0.6 is 0 Å². The quantitative estimate of drug-likeness (QED) is 0.733. The maximum absolute atomic E-state index is 11.4. The molecule has 3 heteroatoms. The summed E-state index contributed by atoms with van der Waals surface area (Å²) in [6.07, 6.45) is 3.67. The molecule has 0 fully saturated rings. The van der Waals surface area contributed by atoms with Crippen molar-refractivity contribution in [3.63, 3.8) is 0 Å². The molecule has 0 bridgehead atoms. The Kier molecular flexibility index (Phi) is 3.28. The van der Waals surface area contributed by atoms with Crippen molar-refractivity contribution in [2.75, 3.05) is 7.11 Å². The maximum Gasteiger partial charge on any atom is 0.315 e. The number of hydrogen-bond donors (Lipinski definition) is 0. The first-order valence-electron chi connectivity index (χ1n) is 5.42. The van der Waals surface area contributed by atoms with Gasteiger partial charge < -0.3 is 9.47 Å². The lowest BCUT2D eigenvalue weighted by atomic mass is 10.1. The number of rotatable bonds is 2. The molecule has 1 aliphatic heterocycles. The summed E-state index contributed by atoms with van der Waals surface area (Å²) in [5, 5.41) is 0. The Labute approximate surface area is 100 Å². The summed E-state index contributed by atoms with van der Waals surface area (Å²) in [5.74, 6) is 0.899. The molecule has 0 spiro atoms. The van der Waals surface area contributed by atoms with Crippen LogP contribution in [-0.4, -0.2) is 13.1 Å². The largest absolute Gasteiger partial charge is 0.497 e. The molecule has 0 aromatic heterocycles. The van der Waals surface area contributed by atoms with Gasteiger partial charge in [0.05, 0.1) is 13.5 Å². The van der Waals surface area contributed by atoms with Crippen LogP contribution in [0.4, 0.5) is 0 Å². The second kappa shape index (κ2) is 4.87. The van der Waals surface area contributed by atoms with Gasteiger partial charge in [0.25, 0.3) is 0 Å². The van der Waals surface area contributed by atoms with Crippen LogP contribution in [0.15, 0.2) is 42.2 Å². The average molecular weight is 230 g/mol. The maximum atomic E-state index is 11.4. The Morgan fingerprint density at radius 3 is 2.59 bits per heavy atom. The van der Waals surface area contributed by atoms with Crippen molar-refractivity contribution in [1.82, 2.24) is 0 Å². The molecule has 2 rings (SSSR count). The Balaban J connectivity index is 2.35. The molecular weight excluding hydrogens is 216 g/mol. The Morgan fingerprint density at radius 2 is 1.94 bits per heavy atom. The zero-order chi connectivity index (χ0) is 12.3. The SMILES string of the molecule is COC1=CCC(=O)OC(c2ccc(C)cc2)=C1. The Bertz CT molecular complexity index is 481. The minimum absolute atomic E-state index is 0.231. The molecule has 0 aliphatic carbocycles. The highest BCUT2D eigenvalue weighted by molar-refractivity contribution is 5.81. The van der Waals surface area contributed by atoms with Gasteiger partial charge in [-0.15, -0.1) is 0 Å². The molecule has 0 N–H and O–H groups in total. The van der Waals surface area contributed by atoms with Crippen LogP contribution in [0.25, 0.3) is 5.76 Å². The van der Waals surface area contributed by atoms with E-state index >= 15 is 0 Å². The van der Waals surface area contributed by atoms with Gasteiger partial charge in [0.15, 0.2) is 0 Å². The van der Waals surface area contributed by atoms with Crippen LogP contribution in [0.5, 0.6) is 0 Å². The summed E-state index contributed by atoms with van der Waals surface area (Å²) < 4.78 is 10.4. The molecule has 0 unspecified atom stereocenters. The summed E-state index contributed by atoms with van der Waals surface area (Å²) in [4.78, 5) is 11.4. The number of ether oxygens (including phenoxy) is 2. The lowest BCUT2D eigenvalue weighted by molar-refractivity contribution is -0.135. The molecule has 1 aromatic rings. The number of allylic oxidation sites excluding steroid dienone is 1. The standard InChI is InChI=1S/C14H14O3/c1-10-3-5-11(6-4-10)13-9-12(16-2)7-8-14(15)17-13/h3-7,9H,8H2,1-2H3. The van der Waals surface area contributed by atoms with Crippen LogP contribution in [-0.2, 0) is 14.3 Å². The molecule has 1 aromatic carbocycles. The van der Waals surface area contributed by atoms with Crippen molar-refractivity contribution >= 4 is 11.7 Å². The van der Waals surface area contributed by atoms with Gasteiger partial charge in [-0.1, -0.05) is 29.8 Å². The number of carbonyl (C=O) groups is 1. The molecule has 3 nitrogen and oxygen atoms in total. The summed E-state index contributed by atoms with van der Waals surface area (Å²) in [5.41, 5.74) is 2.03. The van der Waals surface area contributed by atoms with Gasteiger partial charge in [-0.2, -0.15) is 0 Å². The van der Waals surface area contributed by atoms with Gasteiger partial charge in [0, 0.05) is 11.6 Å². The van der Waals surface area contributed by atoms with E-state index < -0.39 is 0 Å². The fourth-order valence-corrected chi connectivity index (χ4v) is 1.57. The predicted molar refractivity (Wildman–Crippen MR) is 65.0 cm³/mol. The van der Waals surface area contributed by atoms with E-state index in [4.69, 9.17) is 9.47 Å². The number of carbonyl (C=O) groups excluding carboxylic acids is 1. The number of benzene rings is 1. The average Bonchev–Trinajstić information content (AvgIpc) is 2.52. The Morgan fingerprint density at radius 1 is 1.24 bits per heavy atom. The summed E-state index contributed by atoms with van der Waals surface area (Å²) in [6.45, 7) is 2.01. The molecule has 0 atom stereocenters. The van der Waals surface area contributed by atoms with Crippen molar-refractivity contribution in [3.05, 3.63) is 53.3 Å². The highest BCUT2D eigenvalue weighted by Gasteiger charge is 2.13. The molecule has 0 amide bonds. The van der Waals surface area contributed by atoms with Gasteiger partial charge in [-0.3, -0.25) is 4.79 Å². The number of hydrogen-bond acceptors (Lipinski definition) is 3. The fourth-order valence-electron chi connectivity index (χ4n) is 1.57. The monoisotopic (exact) mass is 230 g/mol. The summed E-state index contributed by atoms with van der Waals surface area (Å²) >= 11 is 0. The van der Waals surface area contributed by atoms with Crippen LogP contribution in [0, 0.1) is 6.92 Å². The van der Waals surface area contributed by atoms with Gasteiger partial charge >= 0.3 is 5.97 Å². The van der Waals surface area contributed by atoms with Gasteiger partial charge in [-0.05, 0) is 13.0 Å². The van der Waals surface area contributed by atoms with E-state index in [1.807, 2.05) is 31.2 Å². The van der Waals surface area contributed by atoms with Crippen molar-refractivity contribution in [2.45, 2.75) is 13.3 Å². The fraction of sp³-hybridized carbons (Fsp3) is 0.214. The third kappa shape index (κ3) is 2.75. The van der Waals surface area contributed by atoms with Crippen LogP contribution < -0.4 is 0 Å². The van der Waals surface area contributed by atoms with E-state index in [2.05, 4.69) is 0 Å². The van der Waals surface area contributed by atoms with Gasteiger partial charge in [0.1, 0.15) is 11.5 Å². The Hall–Kier alpha value is -2.03. The lowest BCUT2D eigenvalue weighted by Gasteiger charge is -2.07. The number of cyclic esters (lactones) is 1. The number of aryl methyl sites for hydroxylation is 1. The van der Waals surface area contributed by atoms with E-state index in [0.717, 1.165) is 11.1 Å². The molecule has 17 heavy (non-hydrogen) atoms. The van der Waals surface area contributed by atoms with Crippen LogP contribution in [0.1, 0.15) is 17.5 Å². The minimum Gasteiger partial charge on any atom is -0.497 e. The first-order valence-corrected chi connectivity index (χ1v) is 5.42. The molecule has 0 radical (unpaired) electrons. The third-order valence-electron chi connectivity index (χ3n) is 2.54. The highest BCUT2D eigenvalue weighted by Crippen LogP contribution is 2.22. The zero-order valence-corrected chi connectivity index (χ0v) is 9.90. The number of esters is 1. The van der Waals surface area contributed by atoms with Crippen LogP contribution in [0.2, 0.25) is 0 Å². The smallest absolute Gasteiger partial charge is 0.315 e. The summed E-state index contributed by atoms with van der Waals surface area (Å²) in [7, 11) is 1.57. The van der Waals surface area contributed by atoms with Gasteiger partial charge in [-0.25, -0.2) is 0 Å². The summed E-state index contributed by atoms with van der Waals surface area (Å²) in [6, 6.07) is 7.80. The predicted octanol–water partition coefficient (Wildman–Crippen LogP) is 2.81. The molecule has 1 heterocycles. The van der Waals surface area contributed by atoms with Gasteiger partial charge in [0.2, 0.25) is 0 Å². The first-order chi connectivity index (χ1) is 8.19. The normalized spacial score (nSPS) is 15.5. The van der Waals surface area contributed by atoms with Crippen molar-refractivity contribution in [3.8, 4) is 0 Å². The zero-order valence-electron chi connectivity index (χ0n) is 9.90. The van der Waals surface area contributed by atoms with E-state index in [1.165, 1.54) is 0 Å². The van der Waals surface area contributed by atoms with E-state index in [0.29, 0.717) is 11.5 Å².